The third-order valence-corrected chi connectivity index (χ3v) is 7.46. The summed E-state index contributed by atoms with van der Waals surface area (Å²) in [6.07, 6.45) is -3.51. The highest BCUT2D eigenvalue weighted by atomic mass is 19.4. The number of benzene rings is 2. The lowest BCUT2D eigenvalue weighted by molar-refractivity contribution is -0.138. The van der Waals surface area contributed by atoms with Crippen LogP contribution in [0.3, 0.4) is 0 Å². The van der Waals surface area contributed by atoms with Crippen molar-refractivity contribution in [3.63, 3.8) is 0 Å². The first-order valence-corrected chi connectivity index (χ1v) is 11.4. The molecule has 0 aliphatic carbocycles. The van der Waals surface area contributed by atoms with Crippen LogP contribution in [0.5, 0.6) is 5.75 Å². The molecule has 5 rings (SSSR count). The molecule has 3 saturated heterocycles. The van der Waals surface area contributed by atoms with Gasteiger partial charge in [0.05, 0.1) is 64.2 Å². The fourth-order valence-corrected chi connectivity index (χ4v) is 5.87. The molecule has 3 heterocycles. The van der Waals surface area contributed by atoms with E-state index in [2.05, 4.69) is 0 Å². The number of nitriles is 2. The smallest absolute Gasteiger partial charge is 0.417 e. The summed E-state index contributed by atoms with van der Waals surface area (Å²) in [5.74, 6) is -2.42. The normalized spacial score (nSPS) is 28.7. The number of amides is 2. The van der Waals surface area contributed by atoms with E-state index in [1.807, 2.05) is 6.07 Å². The van der Waals surface area contributed by atoms with Crippen molar-refractivity contribution in [3.8, 4) is 17.9 Å². The number of hydrogen-bond donors (Lipinski definition) is 0. The number of hydrogen-bond acceptors (Lipinski definition) is 6. The topological polar surface area (TPSA) is 103 Å². The maximum absolute atomic E-state index is 13.6. The third-order valence-electron chi connectivity index (χ3n) is 7.46. The second-order valence-electron chi connectivity index (χ2n) is 9.52. The fourth-order valence-electron chi connectivity index (χ4n) is 5.87. The summed E-state index contributed by atoms with van der Waals surface area (Å²) < 4.78 is 52.7. The van der Waals surface area contributed by atoms with E-state index in [1.54, 1.807) is 31.2 Å². The van der Waals surface area contributed by atoms with Gasteiger partial charge in [-0.3, -0.25) is 9.59 Å². The molecule has 0 aromatic heterocycles. The number of halogens is 3. The summed E-state index contributed by atoms with van der Waals surface area (Å²) in [6.45, 7) is 1.91. The van der Waals surface area contributed by atoms with Crippen molar-refractivity contribution < 1.29 is 32.2 Å². The Kier molecular flexibility index (Phi) is 5.34. The van der Waals surface area contributed by atoms with E-state index in [0.717, 1.165) is 11.0 Å². The number of fused-ring (bicyclic) bond motifs is 5. The van der Waals surface area contributed by atoms with Crippen LogP contribution in [-0.2, 0) is 20.5 Å². The van der Waals surface area contributed by atoms with Gasteiger partial charge in [-0.25, -0.2) is 4.90 Å². The lowest BCUT2D eigenvalue weighted by atomic mass is 9.67. The summed E-state index contributed by atoms with van der Waals surface area (Å²) in [7, 11) is 0. The molecule has 2 amide bonds. The van der Waals surface area contributed by atoms with Crippen molar-refractivity contribution in [1.29, 1.82) is 10.5 Å². The van der Waals surface area contributed by atoms with Gasteiger partial charge in [0, 0.05) is 6.42 Å². The molecule has 2 aromatic carbocycles. The first-order valence-electron chi connectivity index (χ1n) is 11.4. The molecule has 0 saturated carbocycles. The van der Waals surface area contributed by atoms with Crippen LogP contribution >= 0.6 is 0 Å². The zero-order chi connectivity index (χ0) is 25.9. The van der Waals surface area contributed by atoms with Gasteiger partial charge in [-0.2, -0.15) is 23.7 Å². The number of rotatable bonds is 5. The highest BCUT2D eigenvalue weighted by molar-refractivity contribution is 6.23. The van der Waals surface area contributed by atoms with E-state index in [4.69, 9.17) is 20.0 Å². The number of nitrogens with zero attached hydrogens (tertiary/aromatic N) is 3. The van der Waals surface area contributed by atoms with Crippen LogP contribution in [0.1, 0.15) is 42.9 Å². The van der Waals surface area contributed by atoms with E-state index >= 15 is 0 Å². The van der Waals surface area contributed by atoms with Crippen molar-refractivity contribution in [1.82, 2.24) is 0 Å². The van der Waals surface area contributed by atoms with E-state index in [-0.39, 0.29) is 18.7 Å². The van der Waals surface area contributed by atoms with Crippen molar-refractivity contribution >= 4 is 17.5 Å². The molecule has 184 valence electrons. The predicted molar refractivity (Wildman–Crippen MR) is 118 cm³/mol. The Bertz CT molecular complexity index is 1360. The van der Waals surface area contributed by atoms with Gasteiger partial charge in [-0.05, 0) is 56.2 Å². The molecule has 0 radical (unpaired) electrons. The first kappa shape index (κ1) is 23.8. The Labute approximate surface area is 204 Å². The Morgan fingerprint density at radius 3 is 2.53 bits per heavy atom. The summed E-state index contributed by atoms with van der Waals surface area (Å²) in [5, 5.41) is 18.1. The molecule has 3 aliphatic heterocycles. The summed E-state index contributed by atoms with van der Waals surface area (Å²) in [5.41, 5.74) is -3.49. The van der Waals surface area contributed by atoms with Gasteiger partial charge in [-0.15, -0.1) is 0 Å². The number of ether oxygens (including phenoxy) is 2. The van der Waals surface area contributed by atoms with Crippen LogP contribution in [0.4, 0.5) is 18.9 Å². The minimum absolute atomic E-state index is 0.157. The number of carbonyl (C=O) groups excluding carboxylic acids is 2. The van der Waals surface area contributed by atoms with Crippen molar-refractivity contribution in [2.45, 2.75) is 43.6 Å². The Morgan fingerprint density at radius 1 is 1.08 bits per heavy atom. The minimum atomic E-state index is -4.82. The lowest BCUT2D eigenvalue weighted by Crippen LogP contribution is -2.43. The Hall–Kier alpha value is -3.89. The van der Waals surface area contributed by atoms with Crippen molar-refractivity contribution in [2.75, 3.05) is 11.5 Å². The second kappa shape index (κ2) is 8.07. The molecule has 2 bridgehead atoms. The van der Waals surface area contributed by atoms with Gasteiger partial charge in [0.15, 0.2) is 0 Å². The average Bonchev–Trinajstić information content (AvgIpc) is 3.42. The average molecular weight is 495 g/mol. The number of carbonyl (C=O) groups is 2. The third kappa shape index (κ3) is 3.52. The van der Waals surface area contributed by atoms with E-state index in [0.29, 0.717) is 30.2 Å². The van der Waals surface area contributed by atoms with Crippen LogP contribution in [0, 0.1) is 34.5 Å². The molecule has 36 heavy (non-hydrogen) atoms. The zero-order valence-corrected chi connectivity index (χ0v) is 19.1. The van der Waals surface area contributed by atoms with Gasteiger partial charge in [0.25, 0.3) is 0 Å². The van der Waals surface area contributed by atoms with Crippen LogP contribution in [0.25, 0.3) is 0 Å². The van der Waals surface area contributed by atoms with Crippen molar-refractivity contribution in [2.24, 2.45) is 11.8 Å². The molecule has 0 spiro atoms. The van der Waals surface area contributed by atoms with Gasteiger partial charge >= 0.3 is 6.18 Å². The van der Waals surface area contributed by atoms with Crippen LogP contribution < -0.4 is 9.64 Å². The molecule has 0 unspecified atom stereocenters. The van der Waals surface area contributed by atoms with Gasteiger partial charge in [-0.1, -0.05) is 6.07 Å². The lowest BCUT2D eigenvalue weighted by Gasteiger charge is -2.31. The first-order chi connectivity index (χ1) is 17.0. The molecule has 2 aromatic rings. The summed E-state index contributed by atoms with van der Waals surface area (Å²) in [6, 6.07) is 13.0. The number of alkyl halides is 3. The second-order valence-corrected chi connectivity index (χ2v) is 9.52. The monoisotopic (exact) mass is 495 g/mol. The molecule has 3 fully saturated rings. The van der Waals surface area contributed by atoms with Crippen LogP contribution in [-0.4, -0.2) is 29.6 Å². The summed E-state index contributed by atoms with van der Waals surface area (Å²) in [4.78, 5) is 27.8. The molecule has 10 heteroatoms. The van der Waals surface area contributed by atoms with Crippen LogP contribution in [0.15, 0.2) is 42.5 Å². The quantitative estimate of drug-likeness (QED) is 0.572. The molecule has 3 aliphatic rings. The highest BCUT2D eigenvalue weighted by Crippen LogP contribution is 2.62. The maximum Gasteiger partial charge on any atom is 0.417 e. The minimum Gasteiger partial charge on any atom is -0.493 e. The fraction of sp³-hybridized carbons (Fsp3) is 0.385. The Balaban J connectivity index is 1.43. The SMILES string of the molecule is C[C@]12CC[C@](CCOc3cccc(C#N)c3)(O1)[C@@H]1C(=O)N(c3ccc(C#N)c(C(F)(F)F)c3)C(=O)[C@@H]12. The van der Waals surface area contributed by atoms with Crippen LogP contribution in [0.2, 0.25) is 0 Å². The predicted octanol–water partition coefficient (Wildman–Crippen LogP) is 4.34. The van der Waals surface area contributed by atoms with E-state index in [1.165, 1.54) is 12.1 Å². The number of imide groups is 1. The van der Waals surface area contributed by atoms with Gasteiger partial charge in [0.2, 0.25) is 11.8 Å². The maximum atomic E-state index is 13.6. The van der Waals surface area contributed by atoms with Gasteiger partial charge in [0.1, 0.15) is 5.75 Å². The molecular weight excluding hydrogens is 475 g/mol. The van der Waals surface area contributed by atoms with Crippen molar-refractivity contribution in [3.05, 3.63) is 59.2 Å². The summed E-state index contributed by atoms with van der Waals surface area (Å²) >= 11 is 0. The molecule has 7 nitrogen and oxygen atoms in total. The largest absolute Gasteiger partial charge is 0.493 e. The van der Waals surface area contributed by atoms with E-state index in [9.17, 15) is 22.8 Å². The standard InChI is InChI=1S/C26H20F3N3O4/c1-24-7-8-25(36-24,9-10-35-18-4-2-3-15(11-18)13-30)21-20(24)22(33)32(23(21)34)17-6-5-16(14-31)19(12-17)26(27,28)29/h2-6,11-12,20-21H,7-10H2,1H3/t20-,21+,24-,25-/m1/s1. The molecular formula is C26H20F3N3O4. The molecule has 4 atom stereocenters. The molecule has 0 N–H and O–H groups in total. The van der Waals surface area contributed by atoms with E-state index < -0.39 is 52.2 Å². The zero-order valence-electron chi connectivity index (χ0n) is 19.1. The number of anilines is 1. The van der Waals surface area contributed by atoms with Gasteiger partial charge < -0.3 is 9.47 Å². The Morgan fingerprint density at radius 2 is 1.83 bits per heavy atom. The highest BCUT2D eigenvalue weighted by Gasteiger charge is 2.73.